The zero-order chi connectivity index (χ0) is 18.2. The predicted octanol–water partition coefficient (Wildman–Crippen LogP) is 4.37. The summed E-state index contributed by atoms with van der Waals surface area (Å²) < 4.78 is 40.6. The number of aliphatic hydroxyl groups is 1. The van der Waals surface area contributed by atoms with Crippen molar-refractivity contribution in [3.63, 3.8) is 0 Å². The summed E-state index contributed by atoms with van der Waals surface area (Å²) in [7, 11) is 0. The maximum absolute atomic E-state index is 13.5. The van der Waals surface area contributed by atoms with E-state index in [9.17, 15) is 23.1 Å². The van der Waals surface area contributed by atoms with Crippen LogP contribution in [0.4, 0.5) is 13.2 Å². The fourth-order valence-electron chi connectivity index (χ4n) is 3.41. The average molecular weight is 375 g/mol. The number of benzene rings is 1. The number of alkyl halides is 3. The molecule has 1 aromatic carbocycles. The van der Waals surface area contributed by atoms with E-state index < -0.39 is 24.2 Å². The van der Waals surface area contributed by atoms with E-state index in [1.54, 1.807) is 0 Å². The fourth-order valence-corrected chi connectivity index (χ4v) is 3.60. The molecule has 0 aromatic heterocycles. The maximum Gasteiger partial charge on any atom is 0.438 e. The number of nitrogens with zero attached hydrogens (tertiary/aromatic N) is 2. The van der Waals surface area contributed by atoms with E-state index in [1.165, 1.54) is 24.3 Å². The lowest BCUT2D eigenvalue weighted by atomic mass is 9.83. The van der Waals surface area contributed by atoms with Crippen molar-refractivity contribution in [3.05, 3.63) is 34.9 Å². The predicted molar refractivity (Wildman–Crippen MR) is 87.3 cm³/mol. The lowest BCUT2D eigenvalue weighted by Gasteiger charge is -2.32. The Morgan fingerprint density at radius 1 is 1.28 bits per heavy atom. The van der Waals surface area contributed by atoms with Crippen molar-refractivity contribution in [1.82, 2.24) is 5.01 Å². The van der Waals surface area contributed by atoms with Crippen LogP contribution in [0.1, 0.15) is 48.9 Å². The second-order valence-electron chi connectivity index (χ2n) is 6.54. The molecule has 1 atom stereocenters. The van der Waals surface area contributed by atoms with Crippen LogP contribution in [-0.4, -0.2) is 33.6 Å². The van der Waals surface area contributed by atoms with Crippen LogP contribution in [0.5, 0.6) is 0 Å². The average Bonchev–Trinajstić information content (AvgIpc) is 2.94. The van der Waals surface area contributed by atoms with Crippen LogP contribution < -0.4 is 0 Å². The third-order valence-electron chi connectivity index (χ3n) is 4.80. The Morgan fingerprint density at radius 2 is 1.96 bits per heavy atom. The SMILES string of the molecule is O=C(c1cccc(Cl)c1)N1N=C(C2CCCCC2)C[C@]1(O)C(F)(F)F. The Hall–Kier alpha value is -1.60. The number of hydrogen-bond acceptors (Lipinski definition) is 3. The molecular formula is C17H18ClF3N2O2. The summed E-state index contributed by atoms with van der Waals surface area (Å²) in [6, 6.07) is 5.58. The Morgan fingerprint density at radius 3 is 2.56 bits per heavy atom. The lowest BCUT2D eigenvalue weighted by Crippen LogP contribution is -2.56. The number of halogens is 4. The fraction of sp³-hybridized carbons (Fsp3) is 0.529. The smallest absolute Gasteiger partial charge is 0.362 e. The standard InChI is InChI=1S/C17H18ClF3N2O2/c18-13-8-4-7-12(9-13)15(24)23-16(25,17(19,20)21)10-14(22-23)11-5-2-1-3-6-11/h4,7-9,11,25H,1-3,5-6,10H2/t16-/m0/s1. The van der Waals surface area contributed by atoms with Gasteiger partial charge < -0.3 is 5.11 Å². The van der Waals surface area contributed by atoms with E-state index >= 15 is 0 Å². The van der Waals surface area contributed by atoms with Crippen LogP contribution in [0.2, 0.25) is 5.02 Å². The summed E-state index contributed by atoms with van der Waals surface area (Å²) in [5.41, 5.74) is -3.13. The van der Waals surface area contributed by atoms with Crippen molar-refractivity contribution in [2.45, 2.75) is 50.4 Å². The molecule has 1 fully saturated rings. The molecule has 1 saturated carbocycles. The molecule has 0 spiro atoms. The van der Waals surface area contributed by atoms with Crippen LogP contribution >= 0.6 is 11.6 Å². The van der Waals surface area contributed by atoms with Crippen LogP contribution in [0, 0.1) is 5.92 Å². The van der Waals surface area contributed by atoms with E-state index in [0.29, 0.717) is 0 Å². The van der Waals surface area contributed by atoms with Crippen molar-refractivity contribution < 1.29 is 23.1 Å². The first-order valence-electron chi connectivity index (χ1n) is 8.19. The van der Waals surface area contributed by atoms with Gasteiger partial charge in [-0.2, -0.15) is 23.3 Å². The second kappa shape index (κ2) is 6.61. The van der Waals surface area contributed by atoms with Gasteiger partial charge in [-0.3, -0.25) is 4.79 Å². The maximum atomic E-state index is 13.5. The molecular weight excluding hydrogens is 357 g/mol. The largest absolute Gasteiger partial charge is 0.438 e. The van der Waals surface area contributed by atoms with Gasteiger partial charge in [0.1, 0.15) is 0 Å². The zero-order valence-electron chi connectivity index (χ0n) is 13.4. The monoisotopic (exact) mass is 374 g/mol. The Labute approximate surface area is 148 Å². The van der Waals surface area contributed by atoms with E-state index in [0.717, 1.165) is 32.1 Å². The van der Waals surface area contributed by atoms with Crippen LogP contribution in [0.3, 0.4) is 0 Å². The highest BCUT2D eigenvalue weighted by atomic mass is 35.5. The molecule has 25 heavy (non-hydrogen) atoms. The highest BCUT2D eigenvalue weighted by molar-refractivity contribution is 6.31. The summed E-state index contributed by atoms with van der Waals surface area (Å²) >= 11 is 5.82. The number of amides is 1. The molecule has 136 valence electrons. The topological polar surface area (TPSA) is 52.9 Å². The van der Waals surface area contributed by atoms with Gasteiger partial charge in [-0.25, -0.2) is 0 Å². The van der Waals surface area contributed by atoms with E-state index in [4.69, 9.17) is 11.6 Å². The molecule has 2 aliphatic rings. The van der Waals surface area contributed by atoms with Crippen molar-refractivity contribution in [1.29, 1.82) is 0 Å². The van der Waals surface area contributed by atoms with E-state index in [-0.39, 0.29) is 27.2 Å². The number of hydrogen-bond donors (Lipinski definition) is 1. The van der Waals surface area contributed by atoms with Crippen molar-refractivity contribution >= 4 is 23.2 Å². The molecule has 0 unspecified atom stereocenters. The Bertz CT molecular complexity index is 701. The lowest BCUT2D eigenvalue weighted by molar-refractivity contribution is -0.297. The Kier molecular flexibility index (Phi) is 4.81. The van der Waals surface area contributed by atoms with Crippen LogP contribution in [-0.2, 0) is 0 Å². The first kappa shape index (κ1) is 18.2. The van der Waals surface area contributed by atoms with Crippen LogP contribution in [0.25, 0.3) is 0 Å². The summed E-state index contributed by atoms with van der Waals surface area (Å²) in [4.78, 5) is 12.6. The van der Waals surface area contributed by atoms with Crippen LogP contribution in [0.15, 0.2) is 29.4 Å². The molecule has 1 aliphatic heterocycles. The molecule has 8 heteroatoms. The molecule has 1 heterocycles. The van der Waals surface area contributed by atoms with Gasteiger partial charge in [0.05, 0.1) is 0 Å². The quantitative estimate of drug-likeness (QED) is 0.835. The molecule has 3 rings (SSSR count). The van der Waals surface area contributed by atoms with Gasteiger partial charge >= 0.3 is 6.18 Å². The van der Waals surface area contributed by atoms with E-state index in [2.05, 4.69) is 5.10 Å². The minimum absolute atomic E-state index is 0.0520. The van der Waals surface area contributed by atoms with Gasteiger partial charge in [-0.05, 0) is 37.0 Å². The molecule has 1 aliphatic carbocycles. The molecule has 1 amide bonds. The first-order chi connectivity index (χ1) is 11.7. The minimum atomic E-state index is -5.01. The second-order valence-corrected chi connectivity index (χ2v) is 6.98. The van der Waals surface area contributed by atoms with Crippen molar-refractivity contribution in [2.75, 3.05) is 0 Å². The third kappa shape index (κ3) is 3.40. The summed E-state index contributed by atoms with van der Waals surface area (Å²) in [6.45, 7) is 0. The van der Waals surface area contributed by atoms with Crippen molar-refractivity contribution in [2.24, 2.45) is 11.0 Å². The number of carbonyl (C=O) groups is 1. The summed E-state index contributed by atoms with van der Waals surface area (Å²) in [5.74, 6) is -1.15. The van der Waals surface area contributed by atoms with E-state index in [1.807, 2.05) is 0 Å². The highest BCUT2D eigenvalue weighted by Gasteiger charge is 2.63. The number of hydrazone groups is 1. The summed E-state index contributed by atoms with van der Waals surface area (Å²) in [5, 5.41) is 14.6. The van der Waals surface area contributed by atoms with Gasteiger partial charge in [0.2, 0.25) is 0 Å². The Balaban J connectivity index is 1.96. The van der Waals surface area contributed by atoms with Gasteiger partial charge in [0.15, 0.2) is 0 Å². The van der Waals surface area contributed by atoms with Gasteiger partial charge in [0.25, 0.3) is 11.6 Å². The van der Waals surface area contributed by atoms with Gasteiger partial charge in [0, 0.05) is 22.7 Å². The molecule has 0 radical (unpaired) electrons. The zero-order valence-corrected chi connectivity index (χ0v) is 14.1. The minimum Gasteiger partial charge on any atom is -0.362 e. The number of rotatable bonds is 2. The molecule has 4 nitrogen and oxygen atoms in total. The van der Waals surface area contributed by atoms with Gasteiger partial charge in [-0.15, -0.1) is 0 Å². The molecule has 0 saturated heterocycles. The highest BCUT2D eigenvalue weighted by Crippen LogP contribution is 2.43. The summed E-state index contributed by atoms with van der Waals surface area (Å²) in [6.07, 6.45) is -1.39. The third-order valence-corrected chi connectivity index (χ3v) is 5.04. The molecule has 1 N–H and O–H groups in total. The van der Waals surface area contributed by atoms with Gasteiger partial charge in [-0.1, -0.05) is 36.9 Å². The molecule has 1 aromatic rings. The first-order valence-corrected chi connectivity index (χ1v) is 8.57. The van der Waals surface area contributed by atoms with Crippen molar-refractivity contribution in [3.8, 4) is 0 Å². The number of carbonyl (C=O) groups excluding carboxylic acids is 1. The molecule has 0 bridgehead atoms. The normalized spacial score (nSPS) is 25.2.